The van der Waals surface area contributed by atoms with Crippen LogP contribution in [0.15, 0.2) is 58.3 Å². The number of nitrogens with zero attached hydrogens (tertiary/aromatic N) is 3. The first-order valence-electron chi connectivity index (χ1n) is 9.99. The molecular weight excluding hydrogens is 442 g/mol. The topological polar surface area (TPSA) is 83.3 Å². The number of hydrogen-bond donors (Lipinski definition) is 0. The van der Waals surface area contributed by atoms with Gasteiger partial charge in [0.05, 0.1) is 29.3 Å². The first-order valence-corrected chi connectivity index (χ1v) is 11.9. The van der Waals surface area contributed by atoms with Crippen molar-refractivity contribution in [2.45, 2.75) is 30.9 Å². The summed E-state index contributed by atoms with van der Waals surface area (Å²) >= 11 is 3.02. The Hall–Kier alpha value is -3.15. The van der Waals surface area contributed by atoms with E-state index in [1.54, 1.807) is 17.6 Å². The Bertz CT molecular complexity index is 1100. The second kappa shape index (κ2) is 11.5. The molecule has 1 amide bonds. The third kappa shape index (κ3) is 6.42. The summed E-state index contributed by atoms with van der Waals surface area (Å²) < 4.78 is 5.37. The average molecular weight is 466 g/mol. The Balaban J connectivity index is 1.68. The highest BCUT2D eigenvalue weighted by Crippen LogP contribution is 2.27. The van der Waals surface area contributed by atoms with Crippen molar-refractivity contribution in [3.8, 4) is 6.07 Å². The normalized spacial score (nSPS) is 10.4. The van der Waals surface area contributed by atoms with Crippen molar-refractivity contribution in [3.05, 3.63) is 75.7 Å². The van der Waals surface area contributed by atoms with Gasteiger partial charge in [0.25, 0.3) is 5.91 Å². The van der Waals surface area contributed by atoms with Crippen molar-refractivity contribution in [2.75, 3.05) is 18.1 Å². The van der Waals surface area contributed by atoms with Gasteiger partial charge in [-0.2, -0.15) is 5.26 Å². The van der Waals surface area contributed by atoms with Crippen molar-refractivity contribution in [1.29, 1.82) is 5.26 Å². The van der Waals surface area contributed by atoms with E-state index in [-0.39, 0.29) is 18.9 Å². The van der Waals surface area contributed by atoms with Crippen molar-refractivity contribution < 1.29 is 14.3 Å². The maximum atomic E-state index is 12.9. The average Bonchev–Trinajstić information content (AvgIpc) is 3.29. The Morgan fingerprint density at radius 2 is 1.94 bits per heavy atom. The number of nitriles is 1. The van der Waals surface area contributed by atoms with Crippen LogP contribution in [0.25, 0.3) is 0 Å². The second-order valence-corrected chi connectivity index (χ2v) is 8.88. The van der Waals surface area contributed by atoms with Crippen LogP contribution in [0.3, 0.4) is 0 Å². The van der Waals surface area contributed by atoms with Gasteiger partial charge in [-0.15, -0.1) is 23.1 Å². The SMILES string of the molecule is Cc1cc(C)cc(N(CCC#N)C(=O)COC(=O)c2ccccc2SCc2cscn2)c1. The molecule has 164 valence electrons. The summed E-state index contributed by atoms with van der Waals surface area (Å²) in [6.45, 7) is 3.73. The summed E-state index contributed by atoms with van der Waals surface area (Å²) in [5, 5.41) is 11.0. The van der Waals surface area contributed by atoms with E-state index in [4.69, 9.17) is 10.00 Å². The Kier molecular flexibility index (Phi) is 8.42. The largest absolute Gasteiger partial charge is 0.452 e. The number of carbonyl (C=O) groups excluding carboxylic acids is 2. The predicted molar refractivity (Wildman–Crippen MR) is 127 cm³/mol. The van der Waals surface area contributed by atoms with Crippen LogP contribution < -0.4 is 4.90 Å². The molecule has 3 rings (SSSR count). The van der Waals surface area contributed by atoms with Gasteiger partial charge in [-0.1, -0.05) is 18.2 Å². The van der Waals surface area contributed by atoms with Crippen LogP contribution in [0, 0.1) is 25.2 Å². The van der Waals surface area contributed by atoms with E-state index in [1.165, 1.54) is 28.0 Å². The molecule has 0 bridgehead atoms. The molecule has 0 radical (unpaired) electrons. The quantitative estimate of drug-likeness (QED) is 0.321. The fourth-order valence-electron chi connectivity index (χ4n) is 3.17. The number of thiazole rings is 1. The standard InChI is InChI=1S/C24H23N3O3S2/c1-17-10-18(2)12-20(11-17)27(9-5-8-25)23(28)13-30-24(29)21-6-3-4-7-22(21)32-15-19-14-31-16-26-19/h3-4,6-7,10-12,14,16H,5,9,13,15H2,1-2H3. The van der Waals surface area contributed by atoms with E-state index in [9.17, 15) is 9.59 Å². The van der Waals surface area contributed by atoms with Crippen LogP contribution in [-0.4, -0.2) is 30.0 Å². The first kappa shape index (κ1) is 23.5. The van der Waals surface area contributed by atoms with Crippen molar-refractivity contribution in [3.63, 3.8) is 0 Å². The van der Waals surface area contributed by atoms with Crippen LogP contribution in [0.5, 0.6) is 0 Å². The maximum Gasteiger partial charge on any atom is 0.339 e. The number of amides is 1. The lowest BCUT2D eigenvalue weighted by molar-refractivity contribution is -0.121. The smallest absolute Gasteiger partial charge is 0.339 e. The maximum absolute atomic E-state index is 12.9. The molecule has 1 aromatic heterocycles. The minimum Gasteiger partial charge on any atom is -0.452 e. The number of aromatic nitrogens is 1. The molecule has 1 heterocycles. The molecule has 0 aliphatic rings. The number of rotatable bonds is 9. The Morgan fingerprint density at radius 3 is 2.62 bits per heavy atom. The molecule has 2 aromatic carbocycles. The fraction of sp³-hybridized carbons (Fsp3) is 0.250. The summed E-state index contributed by atoms with van der Waals surface area (Å²) in [7, 11) is 0. The van der Waals surface area contributed by atoms with Gasteiger partial charge in [0.15, 0.2) is 6.61 Å². The van der Waals surface area contributed by atoms with Crippen molar-refractivity contribution >= 4 is 40.7 Å². The first-order chi connectivity index (χ1) is 15.5. The number of thioether (sulfide) groups is 1. The van der Waals surface area contributed by atoms with Crippen molar-refractivity contribution in [1.82, 2.24) is 4.98 Å². The molecule has 0 N–H and O–H groups in total. The Labute approximate surface area is 195 Å². The van der Waals surface area contributed by atoms with E-state index < -0.39 is 12.6 Å². The van der Waals surface area contributed by atoms with Crippen molar-refractivity contribution in [2.24, 2.45) is 0 Å². The molecule has 0 spiro atoms. The van der Waals surface area contributed by atoms with E-state index in [2.05, 4.69) is 11.1 Å². The lowest BCUT2D eigenvalue weighted by Gasteiger charge is -2.22. The molecule has 6 nitrogen and oxygen atoms in total. The lowest BCUT2D eigenvalue weighted by Crippen LogP contribution is -2.35. The molecule has 32 heavy (non-hydrogen) atoms. The number of esters is 1. The highest BCUT2D eigenvalue weighted by Gasteiger charge is 2.20. The molecular formula is C24H23N3O3S2. The van der Waals surface area contributed by atoms with Gasteiger partial charge in [-0.05, 0) is 49.2 Å². The van der Waals surface area contributed by atoms with Gasteiger partial charge >= 0.3 is 5.97 Å². The summed E-state index contributed by atoms with van der Waals surface area (Å²) in [6, 6.07) is 15.0. The zero-order valence-electron chi connectivity index (χ0n) is 17.9. The fourth-order valence-corrected chi connectivity index (χ4v) is 4.78. The van der Waals surface area contributed by atoms with E-state index >= 15 is 0 Å². The molecule has 8 heteroatoms. The van der Waals surface area contributed by atoms with E-state index in [1.807, 2.05) is 49.6 Å². The molecule has 0 fully saturated rings. The third-order valence-electron chi connectivity index (χ3n) is 4.56. The van der Waals surface area contributed by atoms with Crippen LogP contribution in [0.2, 0.25) is 0 Å². The molecule has 0 saturated carbocycles. The highest BCUT2D eigenvalue weighted by atomic mass is 32.2. The summed E-state index contributed by atoms with van der Waals surface area (Å²) in [5.74, 6) is -0.284. The molecule has 0 aliphatic heterocycles. The zero-order valence-corrected chi connectivity index (χ0v) is 19.5. The van der Waals surface area contributed by atoms with E-state index in [0.717, 1.165) is 21.7 Å². The second-order valence-electron chi connectivity index (χ2n) is 7.14. The lowest BCUT2D eigenvalue weighted by atomic mass is 10.1. The zero-order chi connectivity index (χ0) is 22.9. The van der Waals surface area contributed by atoms with Crippen LogP contribution in [0.4, 0.5) is 5.69 Å². The number of benzene rings is 2. The van der Waals surface area contributed by atoms with Gasteiger partial charge in [0, 0.05) is 28.3 Å². The number of carbonyl (C=O) groups is 2. The predicted octanol–water partition coefficient (Wildman–Crippen LogP) is 5.16. The van der Waals surface area contributed by atoms with Gasteiger partial charge in [-0.3, -0.25) is 4.79 Å². The number of anilines is 1. The highest BCUT2D eigenvalue weighted by molar-refractivity contribution is 7.98. The van der Waals surface area contributed by atoms with Gasteiger partial charge in [0.1, 0.15) is 0 Å². The number of aryl methyl sites for hydroxylation is 2. The van der Waals surface area contributed by atoms with Gasteiger partial charge in [0.2, 0.25) is 0 Å². The molecule has 0 unspecified atom stereocenters. The molecule has 0 saturated heterocycles. The van der Waals surface area contributed by atoms with E-state index in [0.29, 0.717) is 17.0 Å². The van der Waals surface area contributed by atoms with Crippen LogP contribution in [0.1, 0.15) is 33.6 Å². The molecule has 0 atom stereocenters. The summed E-state index contributed by atoms with van der Waals surface area (Å²) in [5.41, 5.74) is 5.85. The molecule has 0 aliphatic carbocycles. The minimum absolute atomic E-state index is 0.183. The monoisotopic (exact) mass is 465 g/mol. The molecule has 3 aromatic rings. The number of ether oxygens (including phenoxy) is 1. The summed E-state index contributed by atoms with van der Waals surface area (Å²) in [6.07, 6.45) is 0.183. The Morgan fingerprint density at radius 1 is 1.19 bits per heavy atom. The summed E-state index contributed by atoms with van der Waals surface area (Å²) in [4.78, 5) is 32.2. The van der Waals surface area contributed by atoms with Crippen LogP contribution >= 0.6 is 23.1 Å². The van der Waals surface area contributed by atoms with Gasteiger partial charge in [-0.25, -0.2) is 9.78 Å². The van der Waals surface area contributed by atoms with Crippen LogP contribution in [-0.2, 0) is 15.3 Å². The third-order valence-corrected chi connectivity index (χ3v) is 6.30. The minimum atomic E-state index is -0.555. The number of hydrogen-bond acceptors (Lipinski definition) is 7. The van der Waals surface area contributed by atoms with Gasteiger partial charge < -0.3 is 9.64 Å².